The standard InChI is InChI=1S/C18H22N2O4S/c1-11(17(22)20(18(23)24)9-5-6-12(20)2)10-25-16-14-8-4-3-7-13(14)15(21)19-16/h3-4,7-8,11-12,16H,5-6,9-10H2,1-2H3,(H-,19,21,23,24)/p+1/t11?,12-,16?,20?/m1/s1. The smallest absolute Gasteiger partial charge is 0.435 e. The van der Waals surface area contributed by atoms with E-state index in [0.717, 1.165) is 18.4 Å². The van der Waals surface area contributed by atoms with Crippen LogP contribution in [0.3, 0.4) is 0 Å². The van der Waals surface area contributed by atoms with Crippen LogP contribution in [-0.4, -0.2) is 45.8 Å². The summed E-state index contributed by atoms with van der Waals surface area (Å²) in [5.41, 5.74) is 1.59. The van der Waals surface area contributed by atoms with Gasteiger partial charge < -0.3 is 10.4 Å². The molecule has 25 heavy (non-hydrogen) atoms. The third-order valence-electron chi connectivity index (χ3n) is 5.30. The van der Waals surface area contributed by atoms with Gasteiger partial charge in [-0.3, -0.25) is 4.79 Å². The molecular weight excluding hydrogens is 340 g/mol. The summed E-state index contributed by atoms with van der Waals surface area (Å²) in [7, 11) is 0. The van der Waals surface area contributed by atoms with Crippen LogP contribution in [0.5, 0.6) is 0 Å². The molecule has 1 aromatic carbocycles. The van der Waals surface area contributed by atoms with Gasteiger partial charge in [-0.1, -0.05) is 18.2 Å². The van der Waals surface area contributed by atoms with Gasteiger partial charge in [-0.15, -0.1) is 11.8 Å². The maximum atomic E-state index is 12.9. The minimum atomic E-state index is -1.05. The van der Waals surface area contributed by atoms with Crippen LogP contribution < -0.4 is 5.32 Å². The number of amides is 3. The molecule has 2 N–H and O–H groups in total. The summed E-state index contributed by atoms with van der Waals surface area (Å²) in [4.78, 5) is 36.7. The predicted octanol–water partition coefficient (Wildman–Crippen LogP) is 3.00. The van der Waals surface area contributed by atoms with E-state index in [1.165, 1.54) is 11.8 Å². The number of thioether (sulfide) groups is 1. The average Bonchev–Trinajstić information content (AvgIpc) is 3.13. The molecule has 3 unspecified atom stereocenters. The van der Waals surface area contributed by atoms with Crippen molar-refractivity contribution in [1.29, 1.82) is 0 Å². The Balaban J connectivity index is 1.69. The summed E-state index contributed by atoms with van der Waals surface area (Å²) in [6.07, 6.45) is 0.459. The summed E-state index contributed by atoms with van der Waals surface area (Å²) in [6.45, 7) is 3.99. The minimum absolute atomic E-state index is 0.103. The van der Waals surface area contributed by atoms with E-state index in [4.69, 9.17) is 0 Å². The van der Waals surface area contributed by atoms with E-state index in [1.807, 2.05) is 25.1 Å². The number of fused-ring (bicyclic) bond motifs is 1. The fourth-order valence-electron chi connectivity index (χ4n) is 3.83. The number of hydrogen-bond acceptors (Lipinski definition) is 4. The molecule has 2 aliphatic heterocycles. The van der Waals surface area contributed by atoms with Gasteiger partial charge in [0, 0.05) is 24.2 Å². The van der Waals surface area contributed by atoms with Gasteiger partial charge in [-0.2, -0.15) is 9.28 Å². The second-order valence-electron chi connectivity index (χ2n) is 6.88. The quantitative estimate of drug-likeness (QED) is 0.804. The highest BCUT2D eigenvalue weighted by Crippen LogP contribution is 2.36. The number of rotatable bonds is 4. The first-order valence-corrected chi connectivity index (χ1v) is 9.60. The number of benzene rings is 1. The largest absolute Gasteiger partial charge is 0.521 e. The third-order valence-corrected chi connectivity index (χ3v) is 6.70. The van der Waals surface area contributed by atoms with Crippen molar-refractivity contribution in [3.05, 3.63) is 35.4 Å². The number of carboxylic acid groups (broad SMARTS) is 1. The Morgan fingerprint density at radius 3 is 2.76 bits per heavy atom. The number of nitrogens with zero attached hydrogens (tertiary/aromatic N) is 1. The van der Waals surface area contributed by atoms with Crippen molar-refractivity contribution in [2.45, 2.75) is 38.1 Å². The van der Waals surface area contributed by atoms with Crippen molar-refractivity contribution in [2.24, 2.45) is 5.92 Å². The third kappa shape index (κ3) is 2.95. The highest BCUT2D eigenvalue weighted by Gasteiger charge is 2.54. The first kappa shape index (κ1) is 17.9. The van der Waals surface area contributed by atoms with E-state index in [1.54, 1.807) is 13.0 Å². The molecule has 0 spiro atoms. The molecule has 1 fully saturated rings. The van der Waals surface area contributed by atoms with Crippen molar-refractivity contribution < 1.29 is 24.0 Å². The maximum Gasteiger partial charge on any atom is 0.521 e. The van der Waals surface area contributed by atoms with Crippen LogP contribution in [0, 0.1) is 5.92 Å². The van der Waals surface area contributed by atoms with E-state index < -0.39 is 16.5 Å². The maximum absolute atomic E-state index is 12.9. The second-order valence-corrected chi connectivity index (χ2v) is 8.02. The summed E-state index contributed by atoms with van der Waals surface area (Å²) in [6, 6.07) is 7.22. The van der Waals surface area contributed by atoms with Crippen molar-refractivity contribution in [1.82, 2.24) is 5.32 Å². The molecule has 1 aromatic rings. The molecule has 0 radical (unpaired) electrons. The summed E-state index contributed by atoms with van der Waals surface area (Å²) >= 11 is 1.48. The van der Waals surface area contributed by atoms with E-state index >= 15 is 0 Å². The molecule has 134 valence electrons. The molecule has 0 aromatic heterocycles. The lowest BCUT2D eigenvalue weighted by Crippen LogP contribution is -2.60. The van der Waals surface area contributed by atoms with Crippen molar-refractivity contribution in [2.75, 3.05) is 12.3 Å². The monoisotopic (exact) mass is 363 g/mol. The zero-order valence-corrected chi connectivity index (χ0v) is 15.2. The van der Waals surface area contributed by atoms with E-state index in [9.17, 15) is 19.5 Å². The number of hydrogen-bond donors (Lipinski definition) is 2. The van der Waals surface area contributed by atoms with Crippen LogP contribution in [0.2, 0.25) is 0 Å². The SMILES string of the molecule is CC(CSC1NC(=O)c2ccccc21)C(=O)[N+]1(C(=O)O)CCC[C@H]1C. The topological polar surface area (TPSA) is 83.5 Å². The van der Waals surface area contributed by atoms with Gasteiger partial charge in [0.1, 0.15) is 11.4 Å². The van der Waals surface area contributed by atoms with Crippen LogP contribution in [0.1, 0.15) is 48.0 Å². The predicted molar refractivity (Wildman–Crippen MR) is 95.1 cm³/mol. The van der Waals surface area contributed by atoms with Gasteiger partial charge in [0.2, 0.25) is 0 Å². The van der Waals surface area contributed by atoms with Gasteiger partial charge in [0.05, 0.1) is 12.5 Å². The lowest BCUT2D eigenvalue weighted by Gasteiger charge is -2.32. The normalized spacial score (nSPS) is 29.1. The lowest BCUT2D eigenvalue weighted by molar-refractivity contribution is -0.793. The lowest BCUT2D eigenvalue weighted by atomic mass is 10.1. The molecule has 1 saturated heterocycles. The summed E-state index contributed by atoms with van der Waals surface area (Å²) in [5.74, 6) is -0.263. The number of likely N-dealkylation sites (tertiary alicyclic amines) is 1. The van der Waals surface area contributed by atoms with Gasteiger partial charge in [0.25, 0.3) is 5.91 Å². The summed E-state index contributed by atoms with van der Waals surface area (Å²) in [5, 5.41) is 12.4. The van der Waals surface area contributed by atoms with Crippen LogP contribution in [0.4, 0.5) is 4.79 Å². The fourth-order valence-corrected chi connectivity index (χ4v) is 5.03. The highest BCUT2D eigenvalue weighted by atomic mass is 32.2. The molecule has 7 heteroatoms. The summed E-state index contributed by atoms with van der Waals surface area (Å²) < 4.78 is -0.463. The molecule has 4 atom stereocenters. The number of quaternary nitrogens is 1. The first-order valence-electron chi connectivity index (χ1n) is 8.55. The molecule has 0 aliphatic carbocycles. The number of nitrogens with one attached hydrogen (secondary N) is 1. The van der Waals surface area contributed by atoms with E-state index in [0.29, 0.717) is 17.9 Å². The van der Waals surface area contributed by atoms with Gasteiger partial charge in [0.15, 0.2) is 0 Å². The fraction of sp³-hybridized carbons (Fsp3) is 0.500. The van der Waals surface area contributed by atoms with Crippen molar-refractivity contribution in [3.8, 4) is 0 Å². The molecule has 6 nitrogen and oxygen atoms in total. The second kappa shape index (κ2) is 6.80. The zero-order chi connectivity index (χ0) is 18.2. The van der Waals surface area contributed by atoms with Crippen molar-refractivity contribution in [3.63, 3.8) is 0 Å². The van der Waals surface area contributed by atoms with Gasteiger partial charge in [-0.25, -0.2) is 4.79 Å². The van der Waals surface area contributed by atoms with Gasteiger partial charge in [-0.05, 0) is 25.5 Å². The Labute approximate surface area is 151 Å². The molecule has 3 rings (SSSR count). The van der Waals surface area contributed by atoms with Crippen LogP contribution in [0.25, 0.3) is 0 Å². The Hall–Kier alpha value is -1.86. The Morgan fingerprint density at radius 1 is 1.40 bits per heavy atom. The van der Waals surface area contributed by atoms with E-state index in [-0.39, 0.29) is 23.2 Å². The zero-order valence-electron chi connectivity index (χ0n) is 14.4. The van der Waals surface area contributed by atoms with Crippen molar-refractivity contribution >= 4 is 29.7 Å². The molecular formula is C18H23N2O4S+. The highest BCUT2D eigenvalue weighted by molar-refractivity contribution is 7.99. The molecule has 3 amide bonds. The molecule has 0 saturated carbocycles. The van der Waals surface area contributed by atoms with Crippen LogP contribution >= 0.6 is 11.8 Å². The Kier molecular flexibility index (Phi) is 4.88. The van der Waals surface area contributed by atoms with Crippen LogP contribution in [-0.2, 0) is 4.79 Å². The van der Waals surface area contributed by atoms with E-state index in [2.05, 4.69) is 5.32 Å². The van der Waals surface area contributed by atoms with Crippen LogP contribution in [0.15, 0.2) is 24.3 Å². The Bertz CT molecular complexity index is 723. The molecule has 2 aliphatic rings. The molecule has 2 heterocycles. The first-order chi connectivity index (χ1) is 11.9. The average molecular weight is 363 g/mol. The number of imide groups is 1. The number of carbonyl (C=O) groups excluding carboxylic acids is 2. The Morgan fingerprint density at radius 2 is 2.12 bits per heavy atom. The minimum Gasteiger partial charge on any atom is -0.435 e. The molecule has 0 bridgehead atoms. The number of carbonyl (C=O) groups is 3. The van der Waals surface area contributed by atoms with Gasteiger partial charge >= 0.3 is 12.0 Å².